The Bertz CT molecular complexity index is 1030. The van der Waals surface area contributed by atoms with Gasteiger partial charge in [0.1, 0.15) is 12.4 Å². The third-order valence-electron chi connectivity index (χ3n) is 4.27. The van der Waals surface area contributed by atoms with Gasteiger partial charge in [0.05, 0.1) is 28.5 Å². The lowest BCUT2D eigenvalue weighted by molar-refractivity contribution is -0.385. The number of aromatic nitrogens is 4. The Hall–Kier alpha value is -3.20. The average molecular weight is 403 g/mol. The molecule has 0 aliphatic heterocycles. The number of aryl methyl sites for hydroxylation is 2. The third kappa shape index (κ3) is 4.55. The van der Waals surface area contributed by atoms with E-state index in [0.717, 1.165) is 17.5 Å². The van der Waals surface area contributed by atoms with Crippen LogP contribution in [-0.2, 0) is 17.9 Å². The molecule has 1 N–H and O–H groups in total. The van der Waals surface area contributed by atoms with Crippen LogP contribution >= 0.6 is 11.6 Å². The van der Waals surface area contributed by atoms with E-state index in [0.29, 0.717) is 22.9 Å². The van der Waals surface area contributed by atoms with Gasteiger partial charge in [0.25, 0.3) is 0 Å². The fourth-order valence-electron chi connectivity index (χ4n) is 2.83. The Balaban J connectivity index is 1.64. The quantitative estimate of drug-likeness (QED) is 0.481. The topological polar surface area (TPSA) is 108 Å². The summed E-state index contributed by atoms with van der Waals surface area (Å²) >= 11 is 6.03. The zero-order valence-electron chi connectivity index (χ0n) is 15.4. The van der Waals surface area contributed by atoms with Gasteiger partial charge < -0.3 is 5.32 Å². The summed E-state index contributed by atoms with van der Waals surface area (Å²) in [6, 6.07) is 7.53. The van der Waals surface area contributed by atoms with Gasteiger partial charge in [-0.1, -0.05) is 23.7 Å². The largest absolute Gasteiger partial charge is 0.323 e. The number of amides is 1. The Morgan fingerprint density at radius 3 is 2.82 bits per heavy atom. The smallest absolute Gasteiger partial charge is 0.306 e. The normalized spacial score (nSPS) is 10.8. The Morgan fingerprint density at radius 2 is 2.14 bits per heavy atom. The van der Waals surface area contributed by atoms with Crippen molar-refractivity contribution < 1.29 is 9.72 Å². The lowest BCUT2D eigenvalue weighted by Crippen LogP contribution is -2.15. The molecule has 0 radical (unpaired) electrons. The highest BCUT2D eigenvalue weighted by Crippen LogP contribution is 2.21. The number of benzene rings is 1. The second-order valence-electron chi connectivity index (χ2n) is 6.35. The van der Waals surface area contributed by atoms with Crippen LogP contribution in [0.15, 0.2) is 36.7 Å². The summed E-state index contributed by atoms with van der Waals surface area (Å²) in [7, 11) is 0. The van der Waals surface area contributed by atoms with E-state index in [4.69, 9.17) is 11.6 Å². The minimum Gasteiger partial charge on any atom is -0.323 e. The minimum atomic E-state index is -0.523. The Labute approximate surface area is 166 Å². The van der Waals surface area contributed by atoms with Crippen LogP contribution < -0.4 is 5.32 Å². The number of hydrogen-bond donors (Lipinski definition) is 1. The van der Waals surface area contributed by atoms with Crippen LogP contribution in [0.3, 0.4) is 0 Å². The van der Waals surface area contributed by atoms with Crippen LogP contribution in [-0.4, -0.2) is 30.4 Å². The molecule has 146 valence electrons. The average Bonchev–Trinajstić information content (AvgIpc) is 3.21. The van der Waals surface area contributed by atoms with Crippen LogP contribution in [0.1, 0.15) is 23.4 Å². The number of anilines is 1. The lowest BCUT2D eigenvalue weighted by Gasteiger charge is -2.08. The van der Waals surface area contributed by atoms with Crippen molar-refractivity contribution in [3.05, 3.63) is 68.7 Å². The first-order valence-electron chi connectivity index (χ1n) is 8.58. The number of nitrogens with zero attached hydrogens (tertiary/aromatic N) is 5. The molecular weight excluding hydrogens is 384 g/mol. The first-order chi connectivity index (χ1) is 13.3. The van der Waals surface area contributed by atoms with E-state index in [-0.39, 0.29) is 24.6 Å². The van der Waals surface area contributed by atoms with Crippen LogP contribution in [0.2, 0.25) is 5.02 Å². The molecule has 3 rings (SSSR count). The minimum absolute atomic E-state index is 0.102. The van der Waals surface area contributed by atoms with Gasteiger partial charge in [0.2, 0.25) is 5.91 Å². The molecule has 28 heavy (non-hydrogen) atoms. The van der Waals surface area contributed by atoms with Gasteiger partial charge in [-0.2, -0.15) is 10.2 Å². The number of nitro groups is 1. The number of rotatable bonds is 7. The molecule has 10 heteroatoms. The van der Waals surface area contributed by atoms with E-state index in [1.807, 2.05) is 42.8 Å². The van der Waals surface area contributed by atoms with Crippen molar-refractivity contribution in [1.82, 2.24) is 19.6 Å². The molecule has 9 nitrogen and oxygen atoms in total. The van der Waals surface area contributed by atoms with Gasteiger partial charge in [-0.15, -0.1) is 0 Å². The van der Waals surface area contributed by atoms with Crippen LogP contribution in [0.5, 0.6) is 0 Å². The second-order valence-corrected chi connectivity index (χ2v) is 6.79. The molecule has 0 bridgehead atoms. The molecule has 0 saturated heterocycles. The predicted molar refractivity (Wildman–Crippen MR) is 104 cm³/mol. The van der Waals surface area contributed by atoms with Gasteiger partial charge in [-0.25, -0.2) is 0 Å². The number of hydrogen-bond acceptors (Lipinski definition) is 5. The number of nitrogens with one attached hydrogen (secondary N) is 1. The van der Waals surface area contributed by atoms with Crippen molar-refractivity contribution in [2.24, 2.45) is 0 Å². The van der Waals surface area contributed by atoms with Crippen molar-refractivity contribution in [3.63, 3.8) is 0 Å². The lowest BCUT2D eigenvalue weighted by atomic mass is 10.2. The zero-order valence-corrected chi connectivity index (χ0v) is 16.2. The maximum atomic E-state index is 12.3. The van der Waals surface area contributed by atoms with Crippen LogP contribution in [0, 0.1) is 24.0 Å². The highest BCUT2D eigenvalue weighted by Gasteiger charge is 2.15. The molecule has 0 unspecified atom stereocenters. The molecule has 2 aromatic heterocycles. The van der Waals surface area contributed by atoms with Crippen molar-refractivity contribution in [2.45, 2.75) is 33.4 Å². The van der Waals surface area contributed by atoms with E-state index in [1.165, 1.54) is 10.9 Å². The molecule has 0 aliphatic carbocycles. The van der Waals surface area contributed by atoms with Gasteiger partial charge in [0, 0.05) is 18.0 Å². The van der Waals surface area contributed by atoms with E-state index in [2.05, 4.69) is 15.5 Å². The van der Waals surface area contributed by atoms with Gasteiger partial charge in [-0.05, 0) is 31.5 Å². The van der Waals surface area contributed by atoms with Crippen molar-refractivity contribution in [3.8, 4) is 0 Å². The maximum absolute atomic E-state index is 12.3. The van der Waals surface area contributed by atoms with Gasteiger partial charge >= 0.3 is 5.69 Å². The maximum Gasteiger partial charge on any atom is 0.306 e. The summed E-state index contributed by atoms with van der Waals surface area (Å²) in [5.74, 6) is -0.216. The second kappa shape index (κ2) is 8.22. The van der Waals surface area contributed by atoms with Gasteiger partial charge in [0.15, 0.2) is 0 Å². The molecule has 2 heterocycles. The number of halogens is 1. The first kappa shape index (κ1) is 19.6. The predicted octanol–water partition coefficient (Wildman–Crippen LogP) is 3.34. The fraction of sp³-hybridized carbons (Fsp3) is 0.278. The van der Waals surface area contributed by atoms with E-state index >= 15 is 0 Å². The summed E-state index contributed by atoms with van der Waals surface area (Å²) in [6.45, 7) is 4.50. The Kier molecular flexibility index (Phi) is 5.74. The summed E-state index contributed by atoms with van der Waals surface area (Å²) < 4.78 is 3.19. The van der Waals surface area contributed by atoms with Crippen LogP contribution in [0.4, 0.5) is 11.4 Å². The zero-order chi connectivity index (χ0) is 20.3. The summed E-state index contributed by atoms with van der Waals surface area (Å²) in [4.78, 5) is 22.5. The Morgan fingerprint density at radius 1 is 1.36 bits per heavy atom. The SMILES string of the molecule is Cc1nn(Cc2cccc(Cl)c2)c(C)c1NC(=O)CCn1cc([N+](=O)[O-])cn1. The standard InChI is InChI=1S/C18H19ClN6O3/c1-12-18(13(2)24(22-12)10-14-4-3-5-15(19)8-14)21-17(26)6-7-23-11-16(9-20-23)25(27)28/h3-5,8-9,11H,6-7,10H2,1-2H3,(H,21,26). The highest BCUT2D eigenvalue weighted by molar-refractivity contribution is 6.30. The van der Waals surface area contributed by atoms with E-state index < -0.39 is 4.92 Å². The number of carbonyl (C=O) groups is 1. The number of carbonyl (C=O) groups excluding carboxylic acids is 1. The summed E-state index contributed by atoms with van der Waals surface area (Å²) in [5, 5.41) is 22.6. The molecular formula is C18H19ClN6O3. The molecule has 0 atom stereocenters. The third-order valence-corrected chi connectivity index (χ3v) is 4.50. The molecule has 0 aliphatic rings. The molecule has 0 spiro atoms. The fourth-order valence-corrected chi connectivity index (χ4v) is 3.04. The molecule has 0 saturated carbocycles. The van der Waals surface area contributed by atoms with E-state index in [1.54, 1.807) is 0 Å². The van der Waals surface area contributed by atoms with Gasteiger partial charge in [-0.3, -0.25) is 24.3 Å². The molecule has 1 aromatic carbocycles. The molecule has 3 aromatic rings. The summed E-state index contributed by atoms with van der Waals surface area (Å²) in [6.07, 6.45) is 2.59. The summed E-state index contributed by atoms with van der Waals surface area (Å²) in [5.41, 5.74) is 3.12. The monoisotopic (exact) mass is 402 g/mol. The van der Waals surface area contributed by atoms with Crippen molar-refractivity contribution in [1.29, 1.82) is 0 Å². The van der Waals surface area contributed by atoms with Crippen molar-refractivity contribution in [2.75, 3.05) is 5.32 Å². The highest BCUT2D eigenvalue weighted by atomic mass is 35.5. The van der Waals surface area contributed by atoms with Crippen LogP contribution in [0.25, 0.3) is 0 Å². The van der Waals surface area contributed by atoms with E-state index in [9.17, 15) is 14.9 Å². The molecule has 0 fully saturated rings. The molecule has 1 amide bonds. The van der Waals surface area contributed by atoms with Crippen molar-refractivity contribution >= 4 is 28.9 Å². The first-order valence-corrected chi connectivity index (χ1v) is 8.96.